The van der Waals surface area contributed by atoms with Gasteiger partial charge in [-0.2, -0.15) is 12.7 Å². The monoisotopic (exact) mass is 318 g/mol. The van der Waals surface area contributed by atoms with Gasteiger partial charge in [-0.1, -0.05) is 30.4 Å². The molecule has 0 saturated carbocycles. The van der Waals surface area contributed by atoms with Crippen molar-refractivity contribution < 1.29 is 21.6 Å². The maximum Gasteiger partial charge on any atom is 0.294 e. The Hall–Kier alpha value is -1.54. The lowest BCUT2D eigenvalue weighted by Crippen LogP contribution is -2.31. The van der Waals surface area contributed by atoms with Crippen molar-refractivity contribution in [3.05, 3.63) is 24.3 Å². The Bertz CT molecular complexity index is 730. The van der Waals surface area contributed by atoms with Crippen LogP contribution in [0.2, 0.25) is 0 Å². The Kier molecular flexibility index (Phi) is 5.18. The number of isocyanates is 1. The van der Waals surface area contributed by atoms with Crippen molar-refractivity contribution in [3.8, 4) is 0 Å². The van der Waals surface area contributed by atoms with Gasteiger partial charge in [0.05, 0.1) is 0 Å². The number of benzene rings is 1. The predicted molar refractivity (Wildman–Crippen MR) is 71.9 cm³/mol. The van der Waals surface area contributed by atoms with Crippen molar-refractivity contribution in [2.45, 2.75) is 23.6 Å². The first-order valence-corrected chi connectivity index (χ1v) is 8.62. The second-order valence-electron chi connectivity index (χ2n) is 3.69. The SMILES string of the molecule is CCN(CC)S(=O)(=O)c1ccccc1S(=O)(=O)N=C=O. The van der Waals surface area contributed by atoms with Gasteiger partial charge in [0, 0.05) is 13.1 Å². The molecule has 1 rings (SSSR count). The van der Waals surface area contributed by atoms with Crippen LogP contribution in [0.3, 0.4) is 0 Å². The van der Waals surface area contributed by atoms with Crippen LogP contribution in [0.1, 0.15) is 13.8 Å². The minimum absolute atomic E-state index is 0.199. The van der Waals surface area contributed by atoms with Crippen LogP contribution in [0.25, 0.3) is 0 Å². The molecule has 9 heteroatoms. The zero-order chi connectivity index (χ0) is 15.4. The standard InChI is InChI=1S/C11H14N2O5S2/c1-3-13(4-2)20(17,18)11-8-6-5-7-10(11)19(15,16)12-9-14/h5-8H,3-4H2,1-2H3. The van der Waals surface area contributed by atoms with Crippen LogP contribution in [-0.2, 0) is 24.8 Å². The van der Waals surface area contributed by atoms with Crippen LogP contribution in [0.15, 0.2) is 38.5 Å². The van der Waals surface area contributed by atoms with Crippen LogP contribution < -0.4 is 0 Å². The highest BCUT2D eigenvalue weighted by Crippen LogP contribution is 2.25. The van der Waals surface area contributed by atoms with Gasteiger partial charge in [0.15, 0.2) is 0 Å². The average Bonchev–Trinajstić information content (AvgIpc) is 2.40. The molecule has 0 unspecified atom stereocenters. The largest absolute Gasteiger partial charge is 0.294 e. The fraction of sp³-hybridized carbons (Fsp3) is 0.364. The smallest absolute Gasteiger partial charge is 0.210 e. The number of hydrogen-bond donors (Lipinski definition) is 0. The van der Waals surface area contributed by atoms with Gasteiger partial charge in [0.2, 0.25) is 10.0 Å². The molecule has 0 aliphatic rings. The summed E-state index contributed by atoms with van der Waals surface area (Å²) in [6.45, 7) is 3.68. The van der Waals surface area contributed by atoms with Gasteiger partial charge in [-0.25, -0.2) is 13.2 Å². The lowest BCUT2D eigenvalue weighted by atomic mass is 10.4. The van der Waals surface area contributed by atoms with Gasteiger partial charge in [-0.05, 0) is 12.1 Å². The first kappa shape index (κ1) is 16.5. The highest BCUT2D eigenvalue weighted by Gasteiger charge is 2.29. The third-order valence-corrected chi connectivity index (χ3v) is 6.07. The van der Waals surface area contributed by atoms with Gasteiger partial charge in [-0.3, -0.25) is 0 Å². The van der Waals surface area contributed by atoms with E-state index in [1.807, 2.05) is 0 Å². The van der Waals surface area contributed by atoms with E-state index in [1.165, 1.54) is 18.2 Å². The number of hydrogen-bond acceptors (Lipinski definition) is 5. The summed E-state index contributed by atoms with van der Waals surface area (Å²) in [5, 5.41) is 0. The summed E-state index contributed by atoms with van der Waals surface area (Å²) < 4.78 is 52.2. The van der Waals surface area contributed by atoms with E-state index in [2.05, 4.69) is 4.40 Å². The molecular weight excluding hydrogens is 304 g/mol. The minimum atomic E-state index is -4.38. The van der Waals surface area contributed by atoms with E-state index in [-0.39, 0.29) is 13.1 Å². The third kappa shape index (κ3) is 3.13. The van der Waals surface area contributed by atoms with E-state index >= 15 is 0 Å². The molecule has 0 fully saturated rings. The van der Waals surface area contributed by atoms with E-state index in [0.717, 1.165) is 16.5 Å². The molecule has 0 amide bonds. The molecule has 1 aromatic rings. The van der Waals surface area contributed by atoms with E-state index in [0.29, 0.717) is 0 Å². The normalized spacial score (nSPS) is 12.2. The van der Waals surface area contributed by atoms with E-state index in [1.54, 1.807) is 13.8 Å². The Labute approximate surface area is 118 Å². The van der Waals surface area contributed by atoms with E-state index < -0.39 is 29.8 Å². The topological polar surface area (TPSA) is 101 Å². The summed E-state index contributed by atoms with van der Waals surface area (Å²) in [7, 11) is -8.35. The van der Waals surface area contributed by atoms with Gasteiger partial charge >= 0.3 is 0 Å². The Morgan fingerprint density at radius 1 is 1.05 bits per heavy atom. The average molecular weight is 318 g/mol. The molecule has 7 nitrogen and oxygen atoms in total. The van der Waals surface area contributed by atoms with Crippen molar-refractivity contribution in [3.63, 3.8) is 0 Å². The van der Waals surface area contributed by atoms with Gasteiger partial charge in [0.25, 0.3) is 16.1 Å². The lowest BCUT2D eigenvalue weighted by molar-refractivity contribution is 0.443. The second kappa shape index (κ2) is 6.27. The number of rotatable bonds is 6. The summed E-state index contributed by atoms with van der Waals surface area (Å²) >= 11 is 0. The number of nitrogens with zero attached hydrogens (tertiary/aromatic N) is 2. The Morgan fingerprint density at radius 3 is 2.00 bits per heavy atom. The molecule has 1 aromatic carbocycles. The molecule has 0 bridgehead atoms. The summed E-state index contributed by atoms with van der Waals surface area (Å²) in [6, 6.07) is 5.02. The molecular formula is C11H14N2O5S2. The van der Waals surface area contributed by atoms with Gasteiger partial charge < -0.3 is 0 Å². The van der Waals surface area contributed by atoms with Gasteiger partial charge in [-0.15, -0.1) is 0 Å². The predicted octanol–water partition coefficient (Wildman–Crippen LogP) is 0.742. The molecule has 0 atom stereocenters. The molecule has 0 aliphatic heterocycles. The van der Waals surface area contributed by atoms with Crippen LogP contribution in [0, 0.1) is 0 Å². The molecule has 0 N–H and O–H groups in total. The number of sulfonamides is 2. The maximum absolute atomic E-state index is 12.4. The highest BCUT2D eigenvalue weighted by molar-refractivity contribution is 7.92. The third-order valence-electron chi connectivity index (χ3n) is 2.61. The lowest BCUT2D eigenvalue weighted by Gasteiger charge is -2.19. The zero-order valence-corrected chi connectivity index (χ0v) is 12.6. The van der Waals surface area contributed by atoms with Crippen molar-refractivity contribution in [1.29, 1.82) is 0 Å². The molecule has 110 valence electrons. The van der Waals surface area contributed by atoms with E-state index in [9.17, 15) is 21.6 Å². The quantitative estimate of drug-likeness (QED) is 0.569. The van der Waals surface area contributed by atoms with Crippen LogP contribution in [0.5, 0.6) is 0 Å². The van der Waals surface area contributed by atoms with E-state index in [4.69, 9.17) is 0 Å². The number of carbonyl (C=O) groups excluding carboxylic acids is 1. The molecule has 0 aromatic heterocycles. The molecule has 0 aliphatic carbocycles. The molecule has 20 heavy (non-hydrogen) atoms. The van der Waals surface area contributed by atoms with Crippen LogP contribution in [-0.4, -0.2) is 40.3 Å². The van der Waals surface area contributed by atoms with Crippen molar-refractivity contribution in [2.75, 3.05) is 13.1 Å². The first-order chi connectivity index (χ1) is 9.31. The molecule has 0 radical (unpaired) electrons. The summed E-state index contributed by atoms with van der Waals surface area (Å²) in [6.07, 6.45) is 0.921. The molecule has 0 heterocycles. The minimum Gasteiger partial charge on any atom is -0.210 e. The zero-order valence-electron chi connectivity index (χ0n) is 11.0. The fourth-order valence-electron chi connectivity index (χ4n) is 1.68. The fourth-order valence-corrected chi connectivity index (χ4v) is 4.61. The van der Waals surface area contributed by atoms with Crippen molar-refractivity contribution in [1.82, 2.24) is 4.31 Å². The van der Waals surface area contributed by atoms with Crippen molar-refractivity contribution in [2.24, 2.45) is 4.40 Å². The summed E-state index contributed by atoms with van der Waals surface area (Å²) in [4.78, 5) is 9.24. The maximum atomic E-state index is 12.4. The van der Waals surface area contributed by atoms with Crippen LogP contribution in [0.4, 0.5) is 0 Å². The molecule has 0 spiro atoms. The summed E-state index contributed by atoms with van der Waals surface area (Å²) in [5.74, 6) is 0. The Balaban J connectivity index is 3.61. The first-order valence-electron chi connectivity index (χ1n) is 5.74. The van der Waals surface area contributed by atoms with Crippen LogP contribution >= 0.6 is 0 Å². The molecule has 0 saturated heterocycles. The second-order valence-corrected chi connectivity index (χ2v) is 7.17. The summed E-state index contributed by atoms with van der Waals surface area (Å²) in [5.41, 5.74) is 0. The van der Waals surface area contributed by atoms with Crippen molar-refractivity contribution >= 4 is 26.1 Å². The Morgan fingerprint density at radius 2 is 1.55 bits per heavy atom. The van der Waals surface area contributed by atoms with Gasteiger partial charge in [0.1, 0.15) is 9.79 Å². The highest BCUT2D eigenvalue weighted by atomic mass is 32.2.